The number of thiocarbonyl (C=S) groups is 1. The van der Waals surface area contributed by atoms with E-state index in [4.69, 9.17) is 12.2 Å². The fourth-order valence-electron chi connectivity index (χ4n) is 4.44. The molecule has 0 atom stereocenters. The molecule has 0 aromatic heterocycles. The van der Waals surface area contributed by atoms with Gasteiger partial charge in [0.15, 0.2) is 0 Å². The first-order valence-corrected chi connectivity index (χ1v) is 11.4. The number of rotatable bonds is 7. The average molecular weight is 452 g/mol. The van der Waals surface area contributed by atoms with E-state index >= 15 is 0 Å². The molecule has 0 saturated carbocycles. The Morgan fingerprint density at radius 3 is 2.23 bits per heavy atom. The lowest BCUT2D eigenvalue weighted by Gasteiger charge is -2.36. The molecule has 1 N–H and O–H groups in total. The summed E-state index contributed by atoms with van der Waals surface area (Å²) in [5, 5.41) is 3.39. The van der Waals surface area contributed by atoms with Crippen molar-refractivity contribution in [3.05, 3.63) is 60.3 Å². The van der Waals surface area contributed by atoms with Crippen LogP contribution in [0.3, 0.4) is 0 Å². The highest BCUT2D eigenvalue weighted by Gasteiger charge is 2.30. The zero-order valence-electron chi connectivity index (χ0n) is 18.0. The number of likely N-dealkylation sites (tertiary alicyclic amines) is 2. The van der Waals surface area contributed by atoms with Crippen LogP contribution in [0.1, 0.15) is 49.1 Å². The van der Waals surface area contributed by atoms with Gasteiger partial charge in [0, 0.05) is 37.8 Å². The van der Waals surface area contributed by atoms with Gasteiger partial charge < -0.3 is 15.1 Å². The number of alkyl halides is 3. The van der Waals surface area contributed by atoms with Crippen LogP contribution in [-0.2, 0) is 6.18 Å². The highest BCUT2D eigenvalue weighted by Crippen LogP contribution is 2.33. The fourth-order valence-corrected chi connectivity index (χ4v) is 4.71. The molecule has 31 heavy (non-hydrogen) atoms. The molecule has 170 valence electrons. The second-order valence-corrected chi connectivity index (χ2v) is 8.99. The minimum atomic E-state index is -4.27. The van der Waals surface area contributed by atoms with Crippen molar-refractivity contribution in [2.75, 3.05) is 32.7 Å². The van der Waals surface area contributed by atoms with Crippen LogP contribution in [0.15, 0.2) is 49.2 Å². The Balaban J connectivity index is 1.37. The van der Waals surface area contributed by atoms with E-state index in [2.05, 4.69) is 28.3 Å². The normalized spacial score (nSPS) is 19.3. The molecule has 0 bridgehead atoms. The van der Waals surface area contributed by atoms with Gasteiger partial charge in [0.2, 0.25) is 0 Å². The van der Waals surface area contributed by atoms with Gasteiger partial charge >= 0.3 is 6.18 Å². The van der Waals surface area contributed by atoms with Crippen LogP contribution in [0, 0.1) is 0 Å². The molecule has 0 unspecified atom stereocenters. The highest BCUT2D eigenvalue weighted by molar-refractivity contribution is 7.80. The molecular formula is C24H32F3N3S. The summed E-state index contributed by atoms with van der Waals surface area (Å²) in [7, 11) is 0. The maximum atomic E-state index is 12.8. The van der Waals surface area contributed by atoms with Gasteiger partial charge in [-0.3, -0.25) is 0 Å². The third-order valence-electron chi connectivity index (χ3n) is 6.42. The molecule has 0 amide bonds. The Hall–Kier alpha value is -1.86. The van der Waals surface area contributed by atoms with Crippen molar-refractivity contribution in [1.29, 1.82) is 0 Å². The summed E-state index contributed by atoms with van der Waals surface area (Å²) in [4.78, 5) is 5.78. The number of nitrogens with zero attached hydrogens (tertiary/aromatic N) is 2. The van der Waals surface area contributed by atoms with E-state index < -0.39 is 11.7 Å². The molecule has 2 aliphatic heterocycles. The first-order chi connectivity index (χ1) is 14.8. The molecule has 2 fully saturated rings. The second-order valence-electron chi connectivity index (χ2n) is 8.51. The summed E-state index contributed by atoms with van der Waals surface area (Å²) in [6.07, 6.45) is 2.41. The lowest BCUT2D eigenvalue weighted by Crippen LogP contribution is -2.45. The van der Waals surface area contributed by atoms with Crippen molar-refractivity contribution in [2.45, 2.75) is 50.2 Å². The molecule has 0 aliphatic carbocycles. The molecule has 0 radical (unpaired) electrons. The number of benzene rings is 1. The first kappa shape index (κ1) is 23.8. The van der Waals surface area contributed by atoms with Crippen molar-refractivity contribution in [3.8, 4) is 0 Å². The minimum absolute atomic E-state index is 0.335. The highest BCUT2D eigenvalue weighted by atomic mass is 32.1. The van der Waals surface area contributed by atoms with Gasteiger partial charge in [-0.25, -0.2) is 0 Å². The molecular weight excluding hydrogens is 419 g/mol. The Bertz CT molecular complexity index is 759. The largest absolute Gasteiger partial charge is 0.416 e. The smallest absolute Gasteiger partial charge is 0.383 e. The second kappa shape index (κ2) is 10.6. The number of halogens is 3. The topological polar surface area (TPSA) is 18.5 Å². The molecule has 2 heterocycles. The minimum Gasteiger partial charge on any atom is -0.383 e. The van der Waals surface area contributed by atoms with E-state index in [1.807, 2.05) is 0 Å². The van der Waals surface area contributed by atoms with E-state index in [0.29, 0.717) is 12.0 Å². The van der Waals surface area contributed by atoms with Crippen LogP contribution < -0.4 is 5.32 Å². The SMILES string of the molecule is C=CC(=C)NC1CCN(C(=S)CCN2CCC(c3ccc(C(F)(F)F)cc3)CC2)CC1. The molecule has 2 aliphatic rings. The fraction of sp³-hybridized carbons (Fsp3) is 0.542. The molecule has 0 spiro atoms. The van der Waals surface area contributed by atoms with E-state index in [1.54, 1.807) is 18.2 Å². The van der Waals surface area contributed by atoms with Gasteiger partial charge in [0.25, 0.3) is 0 Å². The number of hydrogen-bond donors (Lipinski definition) is 1. The summed E-state index contributed by atoms with van der Waals surface area (Å²) in [6, 6.07) is 6.12. The molecule has 3 rings (SSSR count). The van der Waals surface area contributed by atoms with Crippen molar-refractivity contribution in [1.82, 2.24) is 15.1 Å². The van der Waals surface area contributed by atoms with Crippen LogP contribution in [0.5, 0.6) is 0 Å². The van der Waals surface area contributed by atoms with Crippen LogP contribution in [0.2, 0.25) is 0 Å². The summed E-state index contributed by atoms with van der Waals surface area (Å²) in [6.45, 7) is 12.5. The summed E-state index contributed by atoms with van der Waals surface area (Å²) in [5.41, 5.74) is 1.31. The zero-order chi connectivity index (χ0) is 22.4. The van der Waals surface area contributed by atoms with Crippen LogP contribution in [0.25, 0.3) is 0 Å². The number of allylic oxidation sites excluding steroid dienone is 1. The van der Waals surface area contributed by atoms with E-state index in [9.17, 15) is 13.2 Å². The van der Waals surface area contributed by atoms with Gasteiger partial charge in [0.05, 0.1) is 10.6 Å². The molecule has 1 aromatic rings. The van der Waals surface area contributed by atoms with Gasteiger partial charge in [-0.15, -0.1) is 0 Å². The Labute approximate surface area is 189 Å². The van der Waals surface area contributed by atoms with Gasteiger partial charge in [-0.2, -0.15) is 13.2 Å². The van der Waals surface area contributed by atoms with Crippen molar-refractivity contribution in [2.24, 2.45) is 0 Å². The van der Waals surface area contributed by atoms with Crippen LogP contribution in [-0.4, -0.2) is 53.6 Å². The summed E-state index contributed by atoms with van der Waals surface area (Å²) in [5.74, 6) is 0.335. The first-order valence-electron chi connectivity index (χ1n) is 11.0. The molecule has 3 nitrogen and oxygen atoms in total. The maximum absolute atomic E-state index is 12.8. The Kier molecular flexibility index (Phi) is 8.17. The monoisotopic (exact) mass is 451 g/mol. The maximum Gasteiger partial charge on any atom is 0.416 e. The van der Waals surface area contributed by atoms with Crippen molar-refractivity contribution >= 4 is 17.2 Å². The molecule has 7 heteroatoms. The number of piperidine rings is 2. The van der Waals surface area contributed by atoms with Crippen LogP contribution >= 0.6 is 12.2 Å². The number of nitrogens with one attached hydrogen (secondary N) is 1. The van der Waals surface area contributed by atoms with Crippen LogP contribution in [0.4, 0.5) is 13.2 Å². The Morgan fingerprint density at radius 2 is 1.68 bits per heavy atom. The van der Waals surface area contributed by atoms with E-state index in [0.717, 1.165) is 81.1 Å². The van der Waals surface area contributed by atoms with Crippen molar-refractivity contribution < 1.29 is 13.2 Å². The predicted octanol–water partition coefficient (Wildman–Crippen LogP) is 5.36. The van der Waals surface area contributed by atoms with Gasteiger partial charge in [-0.05, 0) is 68.5 Å². The van der Waals surface area contributed by atoms with Gasteiger partial charge in [-0.1, -0.05) is 37.5 Å². The van der Waals surface area contributed by atoms with Gasteiger partial charge in [0.1, 0.15) is 0 Å². The standard InChI is InChI=1S/C24H32F3N3S/c1-3-18(2)28-22-10-16-30(17-11-22)23(31)12-15-29-13-8-20(9-14-29)19-4-6-21(7-5-19)24(25,26)27/h3-7,20,22,28H,1-2,8-17H2. The van der Waals surface area contributed by atoms with E-state index in [-0.39, 0.29) is 0 Å². The lowest BCUT2D eigenvalue weighted by atomic mass is 9.89. The van der Waals surface area contributed by atoms with Crippen molar-refractivity contribution in [3.63, 3.8) is 0 Å². The number of hydrogen-bond acceptors (Lipinski definition) is 3. The lowest BCUT2D eigenvalue weighted by molar-refractivity contribution is -0.137. The quantitative estimate of drug-likeness (QED) is 0.444. The average Bonchev–Trinajstić information content (AvgIpc) is 2.77. The van der Waals surface area contributed by atoms with E-state index in [1.165, 1.54) is 12.1 Å². The summed E-state index contributed by atoms with van der Waals surface area (Å²) >= 11 is 5.69. The predicted molar refractivity (Wildman–Crippen MR) is 124 cm³/mol. The third kappa shape index (κ3) is 6.81. The molecule has 2 saturated heterocycles. The zero-order valence-corrected chi connectivity index (χ0v) is 18.8. The Morgan fingerprint density at radius 1 is 1.06 bits per heavy atom. The summed E-state index contributed by atoms with van der Waals surface area (Å²) < 4.78 is 38.3. The third-order valence-corrected chi connectivity index (χ3v) is 6.88. The molecule has 1 aromatic carbocycles.